The van der Waals surface area contributed by atoms with Crippen molar-refractivity contribution in [3.63, 3.8) is 0 Å². The minimum absolute atomic E-state index is 0. The van der Waals surface area contributed by atoms with Crippen LogP contribution in [0, 0.1) is 0 Å². The van der Waals surface area contributed by atoms with Crippen LogP contribution in [0.1, 0.15) is 205 Å². The van der Waals surface area contributed by atoms with Crippen LogP contribution in [-0.4, -0.2) is 95.4 Å². The molecule has 0 amide bonds. The number of carbonyl (C=O) groups is 2. The van der Waals surface area contributed by atoms with Crippen LogP contribution in [0.25, 0.3) is 0 Å². The van der Waals surface area contributed by atoms with Crippen LogP contribution in [-0.2, 0) is 32.3 Å². The minimum Gasteiger partial charge on any atom is -0.550 e. The zero-order chi connectivity index (χ0) is 42.3. The monoisotopic (exact) mass is 949 g/mol. The van der Waals surface area contributed by atoms with Gasteiger partial charge in [0.1, 0.15) is 0 Å². The fraction of sp³-hybridized carbons (Fsp3) is 0.720. The van der Waals surface area contributed by atoms with Gasteiger partial charge in [-0.15, -0.1) is 0 Å². The van der Waals surface area contributed by atoms with Crippen molar-refractivity contribution < 1.29 is 39.5 Å². The van der Waals surface area contributed by atoms with Crippen LogP contribution in [0.4, 0.5) is 0 Å². The number of carboxylic acid groups (broad SMARTS) is 2. The molecule has 0 heterocycles. The molecule has 0 fully saturated rings. The molecule has 2 rings (SSSR count). The van der Waals surface area contributed by atoms with Gasteiger partial charge in [-0.25, -0.2) is 0 Å². The summed E-state index contributed by atoms with van der Waals surface area (Å²) in [4.78, 5) is 20.7. The number of carboxylic acids is 2. The van der Waals surface area contributed by atoms with Crippen molar-refractivity contribution in [1.29, 1.82) is 0 Å². The molecule has 0 spiro atoms. The number of rotatable bonds is 38. The van der Waals surface area contributed by atoms with Crippen LogP contribution < -0.4 is 10.2 Å². The maximum Gasteiger partial charge on any atom is 2.00 e. The summed E-state index contributed by atoms with van der Waals surface area (Å²) in [5, 5.41) is 40.4. The number of ether oxygens (including phenoxy) is 2. The van der Waals surface area contributed by atoms with E-state index in [0.29, 0.717) is 51.1 Å². The summed E-state index contributed by atoms with van der Waals surface area (Å²) >= 11 is 0. The Morgan fingerprint density at radius 1 is 0.441 bits per heavy atom. The molecule has 9 heteroatoms. The van der Waals surface area contributed by atoms with Crippen LogP contribution in [0.5, 0.6) is 0 Å². The van der Waals surface area contributed by atoms with Gasteiger partial charge in [-0.05, 0) is 89.2 Å². The van der Waals surface area contributed by atoms with Crippen LogP contribution in [0.3, 0.4) is 0 Å². The molecule has 8 nitrogen and oxygen atoms in total. The number of aliphatic hydroxyl groups excluding tert-OH is 2. The first-order valence-corrected chi connectivity index (χ1v) is 23.2. The SMILES string of the molecule is CC(CCCCCCCCCCC(O)CCCCC(=O)[O-])OCc1ccccc1.CC(CCCCCCCCCCC(O)CCCCC(=O)[O-])OCc1ccccc1.[Ba+2]. The van der Waals surface area contributed by atoms with Crippen LogP contribution in [0.2, 0.25) is 0 Å². The number of aliphatic hydroxyl groups is 2. The number of carbonyl (C=O) groups excluding carboxylic acids is 2. The number of benzene rings is 2. The third-order valence-corrected chi connectivity index (χ3v) is 10.9. The van der Waals surface area contributed by atoms with Crippen molar-refractivity contribution in [3.05, 3.63) is 71.8 Å². The first-order chi connectivity index (χ1) is 28.2. The molecule has 0 aliphatic rings. The summed E-state index contributed by atoms with van der Waals surface area (Å²) in [7, 11) is 0. The third kappa shape index (κ3) is 40.6. The largest absolute Gasteiger partial charge is 2.00 e. The molecule has 59 heavy (non-hydrogen) atoms. The normalized spacial score (nSPS) is 13.1. The Bertz CT molecular complexity index is 1110. The van der Waals surface area contributed by atoms with E-state index in [1.807, 2.05) is 12.1 Å². The quantitative estimate of drug-likeness (QED) is 0.0501. The molecule has 0 bridgehead atoms. The molecule has 2 N–H and O–H groups in total. The van der Waals surface area contributed by atoms with E-state index < -0.39 is 11.9 Å². The van der Waals surface area contributed by atoms with Crippen molar-refractivity contribution in [2.45, 2.75) is 231 Å². The van der Waals surface area contributed by atoms with E-state index in [9.17, 15) is 30.0 Å². The Hall–Kier alpha value is -1.21. The smallest absolute Gasteiger partial charge is 0.550 e. The number of hydrogen-bond donors (Lipinski definition) is 2. The van der Waals surface area contributed by atoms with Crippen molar-refractivity contribution in [3.8, 4) is 0 Å². The zero-order valence-corrected chi connectivity index (χ0v) is 41.8. The summed E-state index contributed by atoms with van der Waals surface area (Å²) in [6, 6.07) is 20.7. The van der Waals surface area contributed by atoms with E-state index in [2.05, 4.69) is 62.4 Å². The van der Waals surface area contributed by atoms with E-state index in [-0.39, 0.29) is 73.9 Å². The van der Waals surface area contributed by atoms with Gasteiger partial charge in [0.2, 0.25) is 0 Å². The van der Waals surface area contributed by atoms with Gasteiger partial charge >= 0.3 is 48.9 Å². The third-order valence-electron chi connectivity index (χ3n) is 10.9. The second-order valence-corrected chi connectivity index (χ2v) is 16.6. The number of hydrogen-bond acceptors (Lipinski definition) is 8. The second-order valence-electron chi connectivity index (χ2n) is 16.6. The molecule has 4 atom stereocenters. The van der Waals surface area contributed by atoms with Crippen molar-refractivity contribution in [2.75, 3.05) is 0 Å². The summed E-state index contributed by atoms with van der Waals surface area (Å²) in [5.41, 5.74) is 2.48. The predicted octanol–water partition coefficient (Wildman–Crippen LogP) is 9.95. The molecule has 2 aromatic carbocycles. The first-order valence-electron chi connectivity index (χ1n) is 23.2. The summed E-state index contributed by atoms with van der Waals surface area (Å²) < 4.78 is 11.8. The molecular formula is C50H82BaO8. The molecule has 0 radical (unpaired) electrons. The van der Waals surface area contributed by atoms with Gasteiger partial charge in [-0.2, -0.15) is 0 Å². The van der Waals surface area contributed by atoms with Crippen LogP contribution in [0.15, 0.2) is 60.7 Å². The Labute approximate surface area is 400 Å². The Morgan fingerprint density at radius 2 is 0.695 bits per heavy atom. The summed E-state index contributed by atoms with van der Waals surface area (Å²) in [6.45, 7) is 5.74. The first kappa shape index (κ1) is 57.8. The average molecular weight is 949 g/mol. The fourth-order valence-corrected chi connectivity index (χ4v) is 7.12. The van der Waals surface area contributed by atoms with E-state index >= 15 is 0 Å². The topological polar surface area (TPSA) is 139 Å². The van der Waals surface area contributed by atoms with Gasteiger partial charge < -0.3 is 39.5 Å². The van der Waals surface area contributed by atoms with E-state index in [1.165, 1.54) is 101 Å². The maximum absolute atomic E-state index is 10.3. The molecule has 4 unspecified atom stereocenters. The summed E-state index contributed by atoms with van der Waals surface area (Å²) in [5.74, 6) is -1.99. The molecule has 332 valence electrons. The molecule has 0 aliphatic carbocycles. The van der Waals surface area contributed by atoms with Gasteiger partial charge in [0.25, 0.3) is 0 Å². The molecule has 2 aromatic rings. The van der Waals surface area contributed by atoms with Gasteiger partial charge in [0, 0.05) is 11.9 Å². The minimum atomic E-state index is -0.995. The molecule has 0 saturated carbocycles. The molecule has 0 saturated heterocycles. The standard InChI is InChI=1S/2C25H42O4.Ba/c2*1-22(29-21-23-16-10-8-11-17-23)15-9-6-4-2-3-5-7-12-18-24(26)19-13-14-20-25(27)28;/h2*8,10-11,16-17,22,24,26H,2-7,9,12-15,18-21H2,1H3,(H,27,28);/q;;+2/p-2. The molecular weight excluding hydrogens is 866 g/mol. The zero-order valence-electron chi connectivity index (χ0n) is 37.3. The van der Waals surface area contributed by atoms with Crippen molar-refractivity contribution in [2.24, 2.45) is 0 Å². The van der Waals surface area contributed by atoms with Gasteiger partial charge in [-0.1, -0.05) is 176 Å². The number of aliphatic carboxylic acids is 2. The van der Waals surface area contributed by atoms with Gasteiger partial charge in [0.05, 0.1) is 37.6 Å². The van der Waals surface area contributed by atoms with Gasteiger partial charge in [-0.3, -0.25) is 0 Å². The van der Waals surface area contributed by atoms with E-state index in [1.54, 1.807) is 0 Å². The van der Waals surface area contributed by atoms with Crippen molar-refractivity contribution >= 4 is 60.8 Å². The molecule has 0 aromatic heterocycles. The Balaban J connectivity index is 0.00000112. The summed E-state index contributed by atoms with van der Waals surface area (Å²) in [6.07, 6.45) is 28.2. The van der Waals surface area contributed by atoms with E-state index in [4.69, 9.17) is 9.47 Å². The van der Waals surface area contributed by atoms with Gasteiger partial charge in [0.15, 0.2) is 0 Å². The van der Waals surface area contributed by atoms with Crippen LogP contribution >= 0.6 is 0 Å². The number of unbranched alkanes of at least 4 members (excludes halogenated alkanes) is 16. The average Bonchev–Trinajstić information content (AvgIpc) is 3.21. The predicted molar refractivity (Wildman–Crippen MR) is 238 cm³/mol. The van der Waals surface area contributed by atoms with Crippen molar-refractivity contribution in [1.82, 2.24) is 0 Å². The maximum atomic E-state index is 10.3. The van der Waals surface area contributed by atoms with E-state index in [0.717, 1.165) is 51.4 Å². The Morgan fingerprint density at radius 3 is 0.983 bits per heavy atom. The molecule has 0 aliphatic heterocycles. The second kappa shape index (κ2) is 42.1. The Kier molecular flexibility index (Phi) is 41.2. The fourth-order valence-electron chi connectivity index (χ4n) is 7.12.